The first-order valence-corrected chi connectivity index (χ1v) is 12.3. The molecule has 0 radical (unpaired) electrons. The van der Waals surface area contributed by atoms with Crippen molar-refractivity contribution in [1.82, 2.24) is 5.32 Å². The molecule has 1 N–H and O–H groups in total. The zero-order chi connectivity index (χ0) is 24.8. The average molecular weight is 499 g/mol. The Morgan fingerprint density at radius 3 is 2.37 bits per heavy atom. The lowest BCUT2D eigenvalue weighted by Gasteiger charge is -2.27. The van der Waals surface area contributed by atoms with Crippen LogP contribution in [0.25, 0.3) is 0 Å². The van der Waals surface area contributed by atoms with E-state index in [0.29, 0.717) is 22.9 Å². The van der Waals surface area contributed by atoms with Crippen molar-refractivity contribution in [2.45, 2.75) is 11.0 Å². The average Bonchev–Trinajstić information content (AvgIpc) is 2.90. The zero-order valence-corrected chi connectivity index (χ0v) is 20.2. The van der Waals surface area contributed by atoms with Gasteiger partial charge in [0, 0.05) is 6.07 Å². The number of amides is 1. The molecule has 1 amide bonds. The maximum atomic E-state index is 13.6. The summed E-state index contributed by atoms with van der Waals surface area (Å²) in [5.74, 6) is 1.42. The number of nitrogens with one attached hydrogen (secondary N) is 1. The molecular weight excluding hydrogens is 472 g/mol. The van der Waals surface area contributed by atoms with Crippen LogP contribution in [0.2, 0.25) is 0 Å². The molecule has 4 rings (SSSR count). The summed E-state index contributed by atoms with van der Waals surface area (Å²) >= 11 is 0. The molecule has 0 unspecified atom stereocenters. The largest absolute Gasteiger partial charge is 0.493 e. The van der Waals surface area contributed by atoms with E-state index in [1.54, 1.807) is 42.5 Å². The van der Waals surface area contributed by atoms with Crippen molar-refractivity contribution < 1.29 is 32.2 Å². The van der Waals surface area contributed by atoms with Crippen molar-refractivity contribution in [2.24, 2.45) is 0 Å². The van der Waals surface area contributed by atoms with E-state index in [4.69, 9.17) is 18.9 Å². The lowest BCUT2D eigenvalue weighted by Crippen LogP contribution is -2.45. The lowest BCUT2D eigenvalue weighted by atomic mass is 10.2. The Bertz CT molecular complexity index is 1280. The van der Waals surface area contributed by atoms with Crippen molar-refractivity contribution in [3.63, 3.8) is 0 Å². The molecular formula is C25H26N2O7S. The number of methoxy groups -OCH3 is 2. The van der Waals surface area contributed by atoms with Crippen molar-refractivity contribution in [3.8, 4) is 23.0 Å². The van der Waals surface area contributed by atoms with E-state index >= 15 is 0 Å². The third kappa shape index (κ3) is 5.43. The quantitative estimate of drug-likeness (QED) is 0.484. The smallest absolute Gasteiger partial charge is 0.264 e. The van der Waals surface area contributed by atoms with E-state index in [2.05, 4.69) is 5.32 Å². The van der Waals surface area contributed by atoms with Crippen LogP contribution in [0.3, 0.4) is 0 Å². The topological polar surface area (TPSA) is 103 Å². The van der Waals surface area contributed by atoms with Gasteiger partial charge < -0.3 is 24.3 Å². The first-order valence-electron chi connectivity index (χ1n) is 10.9. The van der Waals surface area contributed by atoms with Gasteiger partial charge in [-0.25, -0.2) is 8.42 Å². The first-order chi connectivity index (χ1) is 16.9. The predicted molar refractivity (Wildman–Crippen MR) is 130 cm³/mol. The summed E-state index contributed by atoms with van der Waals surface area (Å²) in [5, 5.41) is 2.75. The molecule has 1 aliphatic rings. The molecule has 3 aromatic rings. The molecule has 0 aromatic heterocycles. The van der Waals surface area contributed by atoms with E-state index in [1.807, 2.05) is 12.1 Å². The molecule has 0 aliphatic carbocycles. The maximum Gasteiger partial charge on any atom is 0.264 e. The fourth-order valence-electron chi connectivity index (χ4n) is 3.59. The van der Waals surface area contributed by atoms with Crippen molar-refractivity contribution >= 4 is 21.6 Å². The molecule has 0 fully saturated rings. The van der Waals surface area contributed by atoms with Crippen LogP contribution in [-0.2, 0) is 14.8 Å². The summed E-state index contributed by atoms with van der Waals surface area (Å²) in [7, 11) is -1.22. The summed E-state index contributed by atoms with van der Waals surface area (Å²) < 4.78 is 50.2. The van der Waals surface area contributed by atoms with Gasteiger partial charge in [-0.1, -0.05) is 30.3 Å². The predicted octanol–water partition coefficient (Wildman–Crippen LogP) is 2.86. The number of sulfonamides is 1. The molecule has 0 saturated carbocycles. The Kier molecular flexibility index (Phi) is 7.31. The number of hydrogen-bond acceptors (Lipinski definition) is 7. The van der Waals surface area contributed by atoms with Gasteiger partial charge in [-0.3, -0.25) is 9.10 Å². The number of para-hydroxylation sites is 3. The number of hydrogen-bond donors (Lipinski definition) is 1. The van der Waals surface area contributed by atoms with Crippen molar-refractivity contribution in [3.05, 3.63) is 72.8 Å². The van der Waals surface area contributed by atoms with Crippen LogP contribution in [0.1, 0.15) is 0 Å². The van der Waals surface area contributed by atoms with Gasteiger partial charge in [0.2, 0.25) is 5.91 Å². The van der Waals surface area contributed by atoms with E-state index in [0.717, 1.165) is 4.31 Å². The zero-order valence-electron chi connectivity index (χ0n) is 19.3. The van der Waals surface area contributed by atoms with Crippen LogP contribution in [0.15, 0.2) is 77.7 Å². The minimum Gasteiger partial charge on any atom is -0.493 e. The van der Waals surface area contributed by atoms with Gasteiger partial charge >= 0.3 is 0 Å². The van der Waals surface area contributed by atoms with Gasteiger partial charge in [0.25, 0.3) is 10.0 Å². The fourth-order valence-corrected chi connectivity index (χ4v) is 5.03. The molecule has 9 nitrogen and oxygen atoms in total. The van der Waals surface area contributed by atoms with Gasteiger partial charge in [-0.2, -0.15) is 0 Å². The Labute approximate surface area is 204 Å². The van der Waals surface area contributed by atoms with Crippen LogP contribution in [-0.4, -0.2) is 54.3 Å². The second-order valence-corrected chi connectivity index (χ2v) is 9.53. The van der Waals surface area contributed by atoms with Crippen molar-refractivity contribution in [1.29, 1.82) is 0 Å². The minimum atomic E-state index is -4.11. The Morgan fingerprint density at radius 2 is 1.66 bits per heavy atom. The molecule has 0 spiro atoms. The Hall–Kier alpha value is -3.92. The highest BCUT2D eigenvalue weighted by molar-refractivity contribution is 7.92. The number of ether oxygens (including phenoxy) is 4. The number of carbonyl (C=O) groups is 1. The molecule has 35 heavy (non-hydrogen) atoms. The van der Waals surface area contributed by atoms with E-state index < -0.39 is 28.6 Å². The fraction of sp³-hybridized carbons (Fsp3) is 0.240. The standard InChI is InChI=1S/C25H26N2O7S/c1-31-21-13-12-20(14-24(21)32-2)35(29,30)27(18-8-4-3-5-9-18)16-25(28)26-15-19-17-33-22-10-6-7-11-23(22)34-19/h3-14,19H,15-17H2,1-2H3,(H,26,28)/t19-/m0/s1. The first kappa shape index (κ1) is 24.2. The van der Waals surface area contributed by atoms with E-state index in [-0.39, 0.29) is 23.8 Å². The van der Waals surface area contributed by atoms with E-state index in [9.17, 15) is 13.2 Å². The van der Waals surface area contributed by atoms with Gasteiger partial charge in [0.05, 0.1) is 31.3 Å². The summed E-state index contributed by atoms with van der Waals surface area (Å²) in [6, 6.07) is 20.0. The summed E-state index contributed by atoms with van der Waals surface area (Å²) in [5.41, 5.74) is 0.351. The van der Waals surface area contributed by atoms with Gasteiger partial charge in [0.15, 0.2) is 23.0 Å². The molecule has 1 heterocycles. The highest BCUT2D eigenvalue weighted by Crippen LogP contribution is 2.32. The summed E-state index contributed by atoms with van der Waals surface area (Å²) in [6.07, 6.45) is -0.401. The van der Waals surface area contributed by atoms with Gasteiger partial charge in [0.1, 0.15) is 19.3 Å². The monoisotopic (exact) mass is 498 g/mol. The molecule has 1 atom stereocenters. The highest BCUT2D eigenvalue weighted by atomic mass is 32.2. The normalized spacial score (nSPS) is 14.6. The van der Waals surface area contributed by atoms with E-state index in [1.165, 1.54) is 32.4 Å². The molecule has 0 saturated heterocycles. The van der Waals surface area contributed by atoms with Crippen LogP contribution >= 0.6 is 0 Å². The second kappa shape index (κ2) is 10.6. The third-order valence-electron chi connectivity index (χ3n) is 5.37. The molecule has 0 bridgehead atoms. The van der Waals surface area contributed by atoms with Crippen LogP contribution in [0.4, 0.5) is 5.69 Å². The number of benzene rings is 3. The summed E-state index contributed by atoms with van der Waals surface area (Å²) in [6.45, 7) is 0.000688. The minimum absolute atomic E-state index is 0.0348. The number of anilines is 1. The number of rotatable bonds is 9. The van der Waals surface area contributed by atoms with Crippen LogP contribution < -0.4 is 28.6 Å². The highest BCUT2D eigenvalue weighted by Gasteiger charge is 2.29. The third-order valence-corrected chi connectivity index (χ3v) is 7.14. The lowest BCUT2D eigenvalue weighted by molar-refractivity contribution is -0.120. The molecule has 184 valence electrons. The second-order valence-electron chi connectivity index (χ2n) is 7.67. The Morgan fingerprint density at radius 1 is 0.971 bits per heavy atom. The number of nitrogens with zero attached hydrogens (tertiary/aromatic N) is 1. The number of carbonyl (C=O) groups excluding carboxylic acids is 1. The van der Waals surface area contributed by atoms with Crippen molar-refractivity contribution in [2.75, 3.05) is 38.2 Å². The Balaban J connectivity index is 1.51. The molecule has 1 aliphatic heterocycles. The molecule has 10 heteroatoms. The SMILES string of the molecule is COc1ccc(S(=O)(=O)N(CC(=O)NC[C@H]2COc3ccccc3O2)c2ccccc2)cc1OC. The number of fused-ring (bicyclic) bond motifs is 1. The molecule has 3 aromatic carbocycles. The van der Waals surface area contributed by atoms with Gasteiger partial charge in [-0.05, 0) is 36.4 Å². The van der Waals surface area contributed by atoms with Crippen LogP contribution in [0.5, 0.6) is 23.0 Å². The van der Waals surface area contributed by atoms with Gasteiger partial charge in [-0.15, -0.1) is 0 Å². The van der Waals surface area contributed by atoms with Crippen LogP contribution in [0, 0.1) is 0 Å². The summed E-state index contributed by atoms with van der Waals surface area (Å²) in [4.78, 5) is 12.8. The maximum absolute atomic E-state index is 13.6.